The predicted molar refractivity (Wildman–Crippen MR) is 77.5 cm³/mol. The Balaban J connectivity index is 1.90. The standard InChI is InChI=1S/C15H20N2O3/c1-20-10-12(9-18)17-15(19)7-6-11-8-16-14-5-3-2-4-13(11)14/h2-5,8,12,16,18H,6-7,9-10H2,1H3,(H,17,19). The second-order valence-corrected chi connectivity index (χ2v) is 4.76. The number of aromatic nitrogens is 1. The number of aliphatic hydroxyl groups is 1. The van der Waals surface area contributed by atoms with Crippen LogP contribution < -0.4 is 5.32 Å². The van der Waals surface area contributed by atoms with Gasteiger partial charge < -0.3 is 20.1 Å². The Hall–Kier alpha value is -1.85. The predicted octanol–water partition coefficient (Wildman–Crippen LogP) is 1.22. The molecule has 0 bridgehead atoms. The Kier molecular flexibility index (Phi) is 5.15. The zero-order valence-corrected chi connectivity index (χ0v) is 11.6. The first-order valence-corrected chi connectivity index (χ1v) is 6.68. The van der Waals surface area contributed by atoms with E-state index < -0.39 is 0 Å². The van der Waals surface area contributed by atoms with Crippen molar-refractivity contribution in [3.05, 3.63) is 36.0 Å². The van der Waals surface area contributed by atoms with Crippen LogP contribution in [0.3, 0.4) is 0 Å². The first-order chi connectivity index (χ1) is 9.74. The van der Waals surface area contributed by atoms with Crippen molar-refractivity contribution in [2.75, 3.05) is 20.3 Å². The molecule has 0 spiro atoms. The molecule has 1 unspecified atom stereocenters. The molecule has 1 aromatic carbocycles. The van der Waals surface area contributed by atoms with Crippen molar-refractivity contribution < 1.29 is 14.6 Å². The molecule has 0 saturated carbocycles. The van der Waals surface area contributed by atoms with Crippen LogP contribution in [0.25, 0.3) is 10.9 Å². The smallest absolute Gasteiger partial charge is 0.220 e. The van der Waals surface area contributed by atoms with Crippen LogP contribution in [0.1, 0.15) is 12.0 Å². The average Bonchev–Trinajstić information content (AvgIpc) is 2.88. The number of aromatic amines is 1. The summed E-state index contributed by atoms with van der Waals surface area (Å²) >= 11 is 0. The minimum atomic E-state index is -0.338. The largest absolute Gasteiger partial charge is 0.394 e. The van der Waals surface area contributed by atoms with E-state index in [0.29, 0.717) is 19.4 Å². The fourth-order valence-corrected chi connectivity index (χ4v) is 2.23. The maximum Gasteiger partial charge on any atom is 0.220 e. The van der Waals surface area contributed by atoms with Gasteiger partial charge in [0.1, 0.15) is 0 Å². The number of hydrogen-bond donors (Lipinski definition) is 3. The molecule has 0 fully saturated rings. The number of carbonyl (C=O) groups excluding carboxylic acids is 1. The number of hydrogen-bond acceptors (Lipinski definition) is 3. The molecule has 0 aliphatic carbocycles. The number of nitrogens with one attached hydrogen (secondary N) is 2. The van der Waals surface area contributed by atoms with E-state index in [1.165, 1.54) is 0 Å². The fourth-order valence-electron chi connectivity index (χ4n) is 2.23. The van der Waals surface area contributed by atoms with Crippen LogP contribution in [0.4, 0.5) is 0 Å². The fraction of sp³-hybridized carbons (Fsp3) is 0.400. The van der Waals surface area contributed by atoms with E-state index in [-0.39, 0.29) is 18.6 Å². The average molecular weight is 276 g/mol. The highest BCUT2D eigenvalue weighted by atomic mass is 16.5. The molecule has 1 amide bonds. The normalized spacial score (nSPS) is 12.5. The van der Waals surface area contributed by atoms with Crippen LogP contribution in [0.2, 0.25) is 0 Å². The molecule has 0 aliphatic heterocycles. The minimum absolute atomic E-state index is 0.0774. The number of aliphatic hydroxyl groups excluding tert-OH is 1. The van der Waals surface area contributed by atoms with Crippen LogP contribution in [-0.4, -0.2) is 42.4 Å². The highest BCUT2D eigenvalue weighted by Gasteiger charge is 2.12. The van der Waals surface area contributed by atoms with E-state index in [0.717, 1.165) is 16.5 Å². The number of amides is 1. The topological polar surface area (TPSA) is 74.3 Å². The van der Waals surface area contributed by atoms with Gasteiger partial charge in [-0.1, -0.05) is 18.2 Å². The summed E-state index contributed by atoms with van der Waals surface area (Å²) in [6.07, 6.45) is 3.00. The van der Waals surface area contributed by atoms with Crippen molar-refractivity contribution in [2.24, 2.45) is 0 Å². The van der Waals surface area contributed by atoms with Crippen molar-refractivity contribution in [3.63, 3.8) is 0 Å². The molecule has 0 radical (unpaired) electrons. The Morgan fingerprint density at radius 2 is 2.25 bits per heavy atom. The van der Waals surface area contributed by atoms with E-state index >= 15 is 0 Å². The van der Waals surface area contributed by atoms with Crippen LogP contribution in [0, 0.1) is 0 Å². The molecule has 1 heterocycles. The van der Waals surface area contributed by atoms with Gasteiger partial charge in [0.15, 0.2) is 0 Å². The molecule has 5 heteroatoms. The van der Waals surface area contributed by atoms with Gasteiger partial charge in [-0.15, -0.1) is 0 Å². The van der Waals surface area contributed by atoms with E-state index in [9.17, 15) is 4.79 Å². The molecule has 2 aromatic rings. The van der Waals surface area contributed by atoms with Gasteiger partial charge in [-0.3, -0.25) is 4.79 Å². The summed E-state index contributed by atoms with van der Waals surface area (Å²) in [5, 5.41) is 13.0. The minimum Gasteiger partial charge on any atom is -0.394 e. The zero-order valence-electron chi connectivity index (χ0n) is 11.6. The SMILES string of the molecule is COCC(CO)NC(=O)CCc1c[nH]c2ccccc12. The molecule has 1 aromatic heterocycles. The van der Waals surface area contributed by atoms with Crippen LogP contribution in [-0.2, 0) is 16.0 Å². The number of methoxy groups -OCH3 is 1. The van der Waals surface area contributed by atoms with Gasteiger partial charge in [0.2, 0.25) is 5.91 Å². The third kappa shape index (κ3) is 3.59. The Labute approximate surface area is 117 Å². The summed E-state index contributed by atoms with van der Waals surface area (Å²) in [4.78, 5) is 15.0. The summed E-state index contributed by atoms with van der Waals surface area (Å²) in [5.41, 5.74) is 2.21. The third-order valence-corrected chi connectivity index (χ3v) is 3.25. The maximum atomic E-state index is 11.8. The van der Waals surface area contributed by atoms with E-state index in [1.54, 1.807) is 7.11 Å². The van der Waals surface area contributed by atoms with Gasteiger partial charge >= 0.3 is 0 Å². The number of para-hydroxylation sites is 1. The van der Waals surface area contributed by atoms with Crippen molar-refractivity contribution in [1.29, 1.82) is 0 Å². The lowest BCUT2D eigenvalue weighted by molar-refractivity contribution is -0.122. The van der Waals surface area contributed by atoms with Gasteiger partial charge in [0, 0.05) is 30.6 Å². The number of carbonyl (C=O) groups is 1. The van der Waals surface area contributed by atoms with Crippen LogP contribution in [0.5, 0.6) is 0 Å². The number of benzene rings is 1. The lowest BCUT2D eigenvalue weighted by Crippen LogP contribution is -2.40. The number of aryl methyl sites for hydroxylation is 1. The Morgan fingerprint density at radius 1 is 1.45 bits per heavy atom. The molecule has 2 rings (SSSR count). The molecule has 3 N–H and O–H groups in total. The molecular weight excluding hydrogens is 256 g/mol. The first-order valence-electron chi connectivity index (χ1n) is 6.68. The number of rotatable bonds is 7. The number of ether oxygens (including phenoxy) is 1. The Bertz CT molecular complexity index is 565. The maximum absolute atomic E-state index is 11.8. The molecule has 5 nitrogen and oxygen atoms in total. The summed E-state index contributed by atoms with van der Waals surface area (Å²) < 4.78 is 4.92. The summed E-state index contributed by atoms with van der Waals surface area (Å²) in [7, 11) is 1.54. The molecule has 1 atom stereocenters. The van der Waals surface area contributed by atoms with Crippen molar-refractivity contribution >= 4 is 16.8 Å². The summed E-state index contributed by atoms with van der Waals surface area (Å²) in [6.45, 7) is 0.196. The Morgan fingerprint density at radius 3 is 3.00 bits per heavy atom. The quantitative estimate of drug-likeness (QED) is 0.712. The van der Waals surface area contributed by atoms with Gasteiger partial charge in [-0.2, -0.15) is 0 Å². The highest BCUT2D eigenvalue weighted by molar-refractivity contribution is 5.84. The van der Waals surface area contributed by atoms with E-state index in [4.69, 9.17) is 9.84 Å². The molecule has 0 aliphatic rings. The summed E-state index contributed by atoms with van der Waals surface area (Å²) in [5.74, 6) is -0.0774. The lowest BCUT2D eigenvalue weighted by atomic mass is 10.1. The van der Waals surface area contributed by atoms with Gasteiger partial charge in [-0.05, 0) is 18.1 Å². The highest BCUT2D eigenvalue weighted by Crippen LogP contribution is 2.18. The zero-order chi connectivity index (χ0) is 14.4. The van der Waals surface area contributed by atoms with Crippen molar-refractivity contribution in [2.45, 2.75) is 18.9 Å². The number of H-pyrrole nitrogens is 1. The molecular formula is C15H20N2O3. The third-order valence-electron chi connectivity index (χ3n) is 3.25. The van der Waals surface area contributed by atoms with Crippen LogP contribution >= 0.6 is 0 Å². The number of fused-ring (bicyclic) bond motifs is 1. The van der Waals surface area contributed by atoms with E-state index in [1.807, 2.05) is 30.5 Å². The van der Waals surface area contributed by atoms with Gasteiger partial charge in [0.25, 0.3) is 0 Å². The van der Waals surface area contributed by atoms with E-state index in [2.05, 4.69) is 10.3 Å². The van der Waals surface area contributed by atoms with Crippen molar-refractivity contribution in [1.82, 2.24) is 10.3 Å². The summed E-state index contributed by atoms with van der Waals surface area (Å²) in [6, 6.07) is 7.68. The first kappa shape index (κ1) is 14.6. The van der Waals surface area contributed by atoms with Crippen molar-refractivity contribution in [3.8, 4) is 0 Å². The van der Waals surface area contributed by atoms with Gasteiger partial charge in [0.05, 0.1) is 19.3 Å². The molecule has 0 saturated heterocycles. The molecule has 108 valence electrons. The van der Waals surface area contributed by atoms with Gasteiger partial charge in [-0.25, -0.2) is 0 Å². The second kappa shape index (κ2) is 7.07. The second-order valence-electron chi connectivity index (χ2n) is 4.76. The molecule has 20 heavy (non-hydrogen) atoms. The van der Waals surface area contributed by atoms with Crippen LogP contribution in [0.15, 0.2) is 30.5 Å². The monoisotopic (exact) mass is 276 g/mol. The lowest BCUT2D eigenvalue weighted by Gasteiger charge is -2.14.